The Balaban J connectivity index is 1.39. The minimum atomic E-state index is -1.44. The molecule has 2 aliphatic rings. The Morgan fingerprint density at radius 3 is 2.32 bits per heavy atom. The van der Waals surface area contributed by atoms with Crippen molar-refractivity contribution in [3.05, 3.63) is 64.6 Å². The molecule has 0 spiro atoms. The number of aliphatic hydroxyl groups is 2. The van der Waals surface area contributed by atoms with E-state index < -0.39 is 47.6 Å². The predicted octanol–water partition coefficient (Wildman–Crippen LogP) is 4.14. The van der Waals surface area contributed by atoms with Crippen LogP contribution in [-0.4, -0.2) is 113 Å². The summed E-state index contributed by atoms with van der Waals surface area (Å²) >= 11 is 1.38. The molecule has 1 aliphatic heterocycles. The van der Waals surface area contributed by atoms with Crippen LogP contribution in [0.4, 0.5) is 0 Å². The molecule has 324 valence electrons. The van der Waals surface area contributed by atoms with Crippen LogP contribution in [0.5, 0.6) is 0 Å². The lowest BCUT2D eigenvalue weighted by Crippen LogP contribution is -2.58. The molecular formula is C45H66N6O7S. The van der Waals surface area contributed by atoms with Gasteiger partial charge in [-0.05, 0) is 54.9 Å². The van der Waals surface area contributed by atoms with E-state index in [4.69, 9.17) is 4.74 Å². The highest BCUT2D eigenvalue weighted by Crippen LogP contribution is 2.31. The molecule has 2 aromatic carbocycles. The highest BCUT2D eigenvalue weighted by Gasteiger charge is 2.39. The number of fused-ring (bicyclic) bond motifs is 1. The molecule has 4 amide bonds. The summed E-state index contributed by atoms with van der Waals surface area (Å²) in [5, 5.41) is 38.9. The van der Waals surface area contributed by atoms with Crippen LogP contribution in [-0.2, 0) is 36.8 Å². The zero-order valence-corrected chi connectivity index (χ0v) is 36.1. The van der Waals surface area contributed by atoms with Crippen molar-refractivity contribution in [2.45, 2.75) is 122 Å². The van der Waals surface area contributed by atoms with Gasteiger partial charge in [-0.1, -0.05) is 94.8 Å². The van der Waals surface area contributed by atoms with Crippen LogP contribution in [0.2, 0.25) is 0 Å². The number of nitrogens with zero attached hydrogens (tertiary/aromatic N) is 2. The monoisotopic (exact) mass is 834 g/mol. The molecule has 1 saturated carbocycles. The number of hydrogen-bond acceptors (Lipinski definition) is 10. The van der Waals surface area contributed by atoms with Crippen molar-refractivity contribution in [1.29, 1.82) is 0 Å². The van der Waals surface area contributed by atoms with Crippen LogP contribution < -0.4 is 21.3 Å². The Morgan fingerprint density at radius 2 is 1.63 bits per heavy atom. The normalized spacial score (nSPS) is 18.5. The number of benzene rings is 2. The van der Waals surface area contributed by atoms with Gasteiger partial charge in [-0.25, -0.2) is 4.98 Å². The van der Waals surface area contributed by atoms with Crippen LogP contribution in [0, 0.1) is 17.8 Å². The first-order valence-electron chi connectivity index (χ1n) is 21.5. The first-order chi connectivity index (χ1) is 28.3. The van der Waals surface area contributed by atoms with Crippen LogP contribution in [0.25, 0.3) is 10.8 Å². The Bertz CT molecular complexity index is 1790. The van der Waals surface area contributed by atoms with Crippen LogP contribution in [0.1, 0.15) is 90.3 Å². The Hall–Kier alpha value is -3.95. The fourth-order valence-corrected chi connectivity index (χ4v) is 8.74. The second-order valence-electron chi connectivity index (χ2n) is 17.2. The molecule has 1 aliphatic carbocycles. The standard InChI is InChI=1S/C45H66N6O7S/c1-5-30(2)26-46-42(54)36(45(3,4)57)25-40(52)37(22-31-12-7-6-8-13-31)49-44(56)39(24-34-28-59-29-47-34)50-43(55)38(48-41(53)27-51-18-20-58-21-19-51)23-33-16-11-15-32-14-9-10-17-35(32)33/h9-11,14-17,28-31,36-40,52,57H,5-8,12-13,18-27H2,1-4H3,(H,46,54)(H,48,53)(H,49,56)(H,50,55)/t30?,36?,37?,38-,39-,40?/m0/s1. The molecule has 2 fully saturated rings. The third kappa shape index (κ3) is 14.3. The number of hydrogen-bond donors (Lipinski definition) is 6. The molecule has 3 aromatic rings. The van der Waals surface area contributed by atoms with Crippen molar-refractivity contribution in [2.75, 3.05) is 39.4 Å². The van der Waals surface area contributed by atoms with E-state index >= 15 is 0 Å². The van der Waals surface area contributed by atoms with Crippen molar-refractivity contribution in [2.24, 2.45) is 17.8 Å². The van der Waals surface area contributed by atoms with Gasteiger partial charge in [-0.2, -0.15) is 0 Å². The second kappa shape index (κ2) is 22.6. The zero-order valence-electron chi connectivity index (χ0n) is 35.3. The number of thiazole rings is 1. The van der Waals surface area contributed by atoms with E-state index in [1.165, 1.54) is 11.3 Å². The van der Waals surface area contributed by atoms with Gasteiger partial charge in [0.2, 0.25) is 23.6 Å². The number of aliphatic hydroxyl groups excluding tert-OH is 1. The molecule has 0 bridgehead atoms. The summed E-state index contributed by atoms with van der Waals surface area (Å²) < 4.78 is 5.46. The van der Waals surface area contributed by atoms with Crippen molar-refractivity contribution in [3.8, 4) is 0 Å². The molecule has 6 N–H and O–H groups in total. The molecule has 1 aromatic heterocycles. The van der Waals surface area contributed by atoms with Gasteiger partial charge in [-0.3, -0.25) is 24.1 Å². The van der Waals surface area contributed by atoms with Crippen molar-refractivity contribution >= 4 is 45.7 Å². The van der Waals surface area contributed by atoms with E-state index in [1.807, 2.05) is 66.6 Å². The van der Waals surface area contributed by atoms with Gasteiger partial charge in [0.1, 0.15) is 12.1 Å². The SMILES string of the molecule is CCC(C)CNC(=O)C(CC(O)C(CC1CCCCC1)NC(=O)[C@H](Cc1cscn1)NC(=O)[C@H](Cc1cccc2ccccc12)NC(=O)CN1CCOCC1)C(C)(C)O. The van der Waals surface area contributed by atoms with Crippen molar-refractivity contribution < 1.29 is 34.1 Å². The van der Waals surface area contributed by atoms with Crippen LogP contribution in [0.3, 0.4) is 0 Å². The first kappa shape index (κ1) is 46.1. The highest BCUT2D eigenvalue weighted by atomic mass is 32.1. The minimum absolute atomic E-state index is 0.0705. The fourth-order valence-electron chi connectivity index (χ4n) is 8.17. The summed E-state index contributed by atoms with van der Waals surface area (Å²) in [6.45, 7) is 10.0. The van der Waals surface area contributed by atoms with Gasteiger partial charge in [-0.15, -0.1) is 11.3 Å². The lowest BCUT2D eigenvalue weighted by Gasteiger charge is -2.35. The number of amides is 4. The van der Waals surface area contributed by atoms with E-state index in [0.717, 1.165) is 54.9 Å². The van der Waals surface area contributed by atoms with Gasteiger partial charge in [0.05, 0.1) is 54.6 Å². The summed E-state index contributed by atoms with van der Waals surface area (Å²) in [5.74, 6) is -2.11. The first-order valence-corrected chi connectivity index (χ1v) is 22.5. The molecule has 1 saturated heterocycles. The summed E-state index contributed by atoms with van der Waals surface area (Å²) in [6.07, 6.45) is 5.58. The predicted molar refractivity (Wildman–Crippen MR) is 231 cm³/mol. The lowest BCUT2D eigenvalue weighted by molar-refractivity contribution is -0.135. The van der Waals surface area contributed by atoms with Crippen LogP contribution in [0.15, 0.2) is 53.4 Å². The second-order valence-corrected chi connectivity index (χ2v) is 17.9. The van der Waals surface area contributed by atoms with Crippen molar-refractivity contribution in [1.82, 2.24) is 31.2 Å². The zero-order chi connectivity index (χ0) is 42.4. The molecule has 4 unspecified atom stereocenters. The molecular weight excluding hydrogens is 769 g/mol. The molecule has 0 radical (unpaired) electrons. The van der Waals surface area contributed by atoms with E-state index in [1.54, 1.807) is 19.4 Å². The van der Waals surface area contributed by atoms with E-state index in [2.05, 4.69) is 26.3 Å². The molecule has 6 atom stereocenters. The number of morpholine rings is 1. The topological polar surface area (TPSA) is 182 Å². The van der Waals surface area contributed by atoms with Gasteiger partial charge in [0.25, 0.3) is 0 Å². The Kier molecular flexibility index (Phi) is 17.7. The molecule has 59 heavy (non-hydrogen) atoms. The highest BCUT2D eigenvalue weighted by molar-refractivity contribution is 7.07. The lowest BCUT2D eigenvalue weighted by atomic mass is 9.80. The summed E-state index contributed by atoms with van der Waals surface area (Å²) in [7, 11) is 0. The molecule has 13 nitrogen and oxygen atoms in total. The third-order valence-corrected chi connectivity index (χ3v) is 12.7. The minimum Gasteiger partial charge on any atom is -0.391 e. The average Bonchev–Trinajstić information content (AvgIpc) is 3.74. The fraction of sp³-hybridized carbons (Fsp3) is 0.622. The molecule has 5 rings (SSSR count). The van der Waals surface area contributed by atoms with E-state index in [9.17, 15) is 29.4 Å². The third-order valence-electron chi connectivity index (χ3n) is 12.0. The number of ether oxygens (including phenoxy) is 1. The van der Waals surface area contributed by atoms with Crippen LogP contribution >= 0.6 is 11.3 Å². The van der Waals surface area contributed by atoms with E-state index in [0.29, 0.717) is 45.0 Å². The number of nitrogens with one attached hydrogen (secondary N) is 4. The maximum Gasteiger partial charge on any atom is 0.243 e. The number of aromatic nitrogens is 1. The van der Waals surface area contributed by atoms with E-state index in [-0.39, 0.29) is 49.5 Å². The van der Waals surface area contributed by atoms with Gasteiger partial charge >= 0.3 is 0 Å². The summed E-state index contributed by atoms with van der Waals surface area (Å²) in [6, 6.07) is 10.9. The smallest absolute Gasteiger partial charge is 0.243 e. The largest absolute Gasteiger partial charge is 0.391 e. The average molecular weight is 835 g/mol. The summed E-state index contributed by atoms with van der Waals surface area (Å²) in [5.41, 5.74) is 1.72. The Labute approximate surface area is 353 Å². The van der Waals surface area contributed by atoms with Crippen molar-refractivity contribution in [3.63, 3.8) is 0 Å². The molecule has 2 heterocycles. The molecule has 14 heteroatoms. The Morgan fingerprint density at radius 1 is 0.932 bits per heavy atom. The number of carbonyl (C=O) groups excluding carboxylic acids is 4. The maximum atomic E-state index is 14.5. The van der Waals surface area contributed by atoms with Gasteiger partial charge in [0, 0.05) is 37.9 Å². The maximum absolute atomic E-state index is 14.5. The number of rotatable bonds is 21. The quantitative estimate of drug-likeness (QED) is 0.0920. The van der Waals surface area contributed by atoms with Gasteiger partial charge < -0.3 is 36.2 Å². The summed E-state index contributed by atoms with van der Waals surface area (Å²) in [4.78, 5) is 62.4. The number of carbonyl (C=O) groups is 4. The van der Waals surface area contributed by atoms with Gasteiger partial charge in [0.15, 0.2) is 0 Å².